The van der Waals surface area contributed by atoms with E-state index in [1.807, 2.05) is 0 Å². The molecule has 10 nitrogen and oxygen atoms in total. The lowest BCUT2D eigenvalue weighted by atomic mass is 10.1. The maximum atomic E-state index is 12.6. The van der Waals surface area contributed by atoms with Crippen molar-refractivity contribution in [2.75, 3.05) is 26.4 Å². The van der Waals surface area contributed by atoms with Gasteiger partial charge in [0.1, 0.15) is 12.7 Å². The van der Waals surface area contributed by atoms with E-state index in [9.17, 15) is 24.2 Å². The summed E-state index contributed by atoms with van der Waals surface area (Å²) in [5, 5.41) is 18.3. The van der Waals surface area contributed by atoms with E-state index in [-0.39, 0.29) is 19.4 Å². The van der Waals surface area contributed by atoms with E-state index in [1.54, 1.807) is 0 Å². The van der Waals surface area contributed by atoms with Gasteiger partial charge in [-0.15, -0.1) is 0 Å². The van der Waals surface area contributed by atoms with E-state index < -0.39 is 51.8 Å². The van der Waals surface area contributed by atoms with Crippen LogP contribution in [0, 0.1) is 0 Å². The lowest BCUT2D eigenvalue weighted by molar-refractivity contribution is -0.161. The summed E-state index contributed by atoms with van der Waals surface area (Å²) >= 11 is 0. The Morgan fingerprint density at radius 3 is 1.40 bits per heavy atom. The molecule has 3 atom stereocenters. The largest absolute Gasteiger partial charge is 0.472 e. The Kier molecular flexibility index (Phi) is 38.6. The van der Waals surface area contributed by atoms with E-state index in [0.29, 0.717) is 12.8 Å². The fraction of sp³-hybridized carbons (Fsp3) is 0.773. The van der Waals surface area contributed by atoms with Crippen LogP contribution in [0.5, 0.6) is 0 Å². The number of hydrogen-bond acceptors (Lipinski definition) is 9. The second-order valence-electron chi connectivity index (χ2n) is 14.4. The normalized spacial score (nSPS) is 14.3. The molecule has 320 valence electrons. The quantitative estimate of drug-likeness (QED) is 0.0237. The molecule has 0 aromatic heterocycles. The van der Waals surface area contributed by atoms with Crippen molar-refractivity contribution in [3.63, 3.8) is 0 Å². The van der Waals surface area contributed by atoms with Gasteiger partial charge in [-0.2, -0.15) is 0 Å². The Hall–Kier alpha value is -2.07. The lowest BCUT2D eigenvalue weighted by Gasteiger charge is -2.20. The fourth-order valence-electron chi connectivity index (χ4n) is 5.58. The number of phosphoric ester groups is 1. The Labute approximate surface area is 334 Å². The van der Waals surface area contributed by atoms with Crippen LogP contribution in [-0.4, -0.2) is 65.7 Å². The van der Waals surface area contributed by atoms with Gasteiger partial charge in [0.15, 0.2) is 6.10 Å². The fourth-order valence-corrected chi connectivity index (χ4v) is 6.37. The summed E-state index contributed by atoms with van der Waals surface area (Å²) in [6, 6.07) is 0. The minimum atomic E-state index is -4.62. The number of rotatable bonds is 40. The molecule has 1 unspecified atom stereocenters. The van der Waals surface area contributed by atoms with Crippen LogP contribution in [0.15, 0.2) is 48.6 Å². The Balaban J connectivity index is 4.33. The average Bonchev–Trinajstić information content (AvgIpc) is 3.17. The second-order valence-corrected chi connectivity index (χ2v) is 15.8. The summed E-state index contributed by atoms with van der Waals surface area (Å²) in [5.41, 5.74) is 0. The van der Waals surface area contributed by atoms with Crippen LogP contribution in [0.3, 0.4) is 0 Å². The highest BCUT2D eigenvalue weighted by Crippen LogP contribution is 2.43. The molecule has 0 saturated carbocycles. The van der Waals surface area contributed by atoms with E-state index in [2.05, 4.69) is 67.0 Å². The van der Waals surface area contributed by atoms with Gasteiger partial charge in [-0.25, -0.2) is 4.57 Å². The molecule has 0 aromatic rings. The summed E-state index contributed by atoms with van der Waals surface area (Å²) in [4.78, 5) is 35.0. The van der Waals surface area contributed by atoms with Crippen LogP contribution in [0.1, 0.15) is 181 Å². The van der Waals surface area contributed by atoms with Gasteiger partial charge in [0.05, 0.1) is 19.8 Å². The molecule has 3 N–H and O–H groups in total. The van der Waals surface area contributed by atoms with Gasteiger partial charge in [-0.3, -0.25) is 18.6 Å². The molecule has 0 aliphatic heterocycles. The number of aliphatic hydroxyl groups excluding tert-OH is 2. The first-order valence-corrected chi connectivity index (χ1v) is 23.1. The van der Waals surface area contributed by atoms with Crippen LogP contribution in [0.4, 0.5) is 0 Å². The summed E-state index contributed by atoms with van der Waals surface area (Å²) < 4.78 is 32.7. The van der Waals surface area contributed by atoms with E-state index in [0.717, 1.165) is 77.0 Å². The summed E-state index contributed by atoms with van der Waals surface area (Å²) in [6.45, 7) is 2.30. The first-order chi connectivity index (χ1) is 26.7. The van der Waals surface area contributed by atoms with Gasteiger partial charge in [-0.1, -0.05) is 140 Å². The molecule has 0 bridgehead atoms. The van der Waals surface area contributed by atoms with Crippen molar-refractivity contribution in [2.24, 2.45) is 0 Å². The molecule has 55 heavy (non-hydrogen) atoms. The van der Waals surface area contributed by atoms with Crippen LogP contribution in [0.2, 0.25) is 0 Å². The zero-order valence-electron chi connectivity index (χ0n) is 34.6. The number of unbranched alkanes of at least 4 members (excludes halogenated alkanes) is 18. The van der Waals surface area contributed by atoms with E-state index in [1.165, 1.54) is 64.2 Å². The van der Waals surface area contributed by atoms with Crippen molar-refractivity contribution in [2.45, 2.75) is 193 Å². The molecule has 0 rings (SSSR count). The monoisotopic (exact) mass is 799 g/mol. The van der Waals surface area contributed by atoms with Crippen molar-refractivity contribution in [3.8, 4) is 0 Å². The topological polar surface area (TPSA) is 149 Å². The number of hydrogen-bond donors (Lipinski definition) is 3. The highest BCUT2D eigenvalue weighted by molar-refractivity contribution is 7.47. The van der Waals surface area contributed by atoms with E-state index in [4.69, 9.17) is 19.1 Å². The minimum Gasteiger partial charge on any atom is -0.462 e. The number of allylic oxidation sites excluding steroid dienone is 8. The van der Waals surface area contributed by atoms with Gasteiger partial charge in [0.25, 0.3) is 0 Å². The van der Waals surface area contributed by atoms with Crippen molar-refractivity contribution < 1.29 is 47.8 Å². The number of ether oxygens (including phenoxy) is 2. The Bertz CT molecular complexity index is 1060. The van der Waals surface area contributed by atoms with Crippen molar-refractivity contribution in [3.05, 3.63) is 48.6 Å². The Morgan fingerprint density at radius 2 is 0.945 bits per heavy atom. The molecule has 0 aromatic carbocycles. The first kappa shape index (κ1) is 52.9. The van der Waals surface area contributed by atoms with Crippen LogP contribution >= 0.6 is 7.82 Å². The SMILES string of the molecule is CCCCC/C=C/C/C=C/CCCCCCCCCC(=O)OC[C@H](COP(=O)(O)OC[C@@H](O)CO)OC(=O)CCCCCCC/C=C/C/C=C/CCCCC. The number of carbonyl (C=O) groups is 2. The molecule has 0 radical (unpaired) electrons. The highest BCUT2D eigenvalue weighted by atomic mass is 31.2. The molecule has 0 fully saturated rings. The number of aliphatic hydroxyl groups is 2. The highest BCUT2D eigenvalue weighted by Gasteiger charge is 2.27. The summed E-state index contributed by atoms with van der Waals surface area (Å²) in [6.07, 6.45) is 42.1. The van der Waals surface area contributed by atoms with Crippen molar-refractivity contribution >= 4 is 19.8 Å². The molecule has 0 aliphatic rings. The van der Waals surface area contributed by atoms with Gasteiger partial charge < -0.3 is 24.6 Å². The van der Waals surface area contributed by atoms with Crippen molar-refractivity contribution in [1.29, 1.82) is 0 Å². The third kappa shape index (κ3) is 39.9. The van der Waals surface area contributed by atoms with Crippen molar-refractivity contribution in [1.82, 2.24) is 0 Å². The molecular formula is C44H79O10P. The third-order valence-electron chi connectivity index (χ3n) is 8.96. The third-order valence-corrected chi connectivity index (χ3v) is 9.91. The predicted molar refractivity (Wildman–Crippen MR) is 224 cm³/mol. The molecule has 11 heteroatoms. The number of phosphoric acid groups is 1. The smallest absolute Gasteiger partial charge is 0.462 e. The van der Waals surface area contributed by atoms with Gasteiger partial charge in [0, 0.05) is 12.8 Å². The first-order valence-electron chi connectivity index (χ1n) is 21.6. The van der Waals surface area contributed by atoms with Crippen LogP contribution < -0.4 is 0 Å². The van der Waals surface area contributed by atoms with Crippen LogP contribution in [-0.2, 0) is 32.7 Å². The zero-order valence-corrected chi connectivity index (χ0v) is 35.5. The number of esters is 2. The molecule has 0 spiro atoms. The molecule has 0 amide bonds. The molecular weight excluding hydrogens is 719 g/mol. The van der Waals surface area contributed by atoms with Crippen LogP contribution in [0.25, 0.3) is 0 Å². The predicted octanol–water partition coefficient (Wildman–Crippen LogP) is 11.3. The maximum Gasteiger partial charge on any atom is 0.472 e. The van der Waals surface area contributed by atoms with Gasteiger partial charge >= 0.3 is 19.8 Å². The summed E-state index contributed by atoms with van der Waals surface area (Å²) in [7, 11) is -4.62. The maximum absolute atomic E-state index is 12.6. The molecule has 0 saturated heterocycles. The Morgan fingerprint density at radius 1 is 0.545 bits per heavy atom. The van der Waals surface area contributed by atoms with Gasteiger partial charge in [-0.05, 0) is 77.0 Å². The number of carbonyl (C=O) groups excluding carboxylic acids is 2. The second kappa shape index (κ2) is 40.1. The standard InChI is InChI=1S/C44H79O10P/c1-3-5-7-9-11-13-15-17-19-20-22-23-25-27-29-31-33-35-43(47)51-39-42(40-53-55(49,50)52-38-41(46)37-45)54-44(48)36-34-32-30-28-26-24-21-18-16-14-12-10-8-6-4-2/h11-14,17-19,21,41-42,45-46H,3-10,15-16,20,22-40H2,1-2H3,(H,49,50)/b13-11+,14-12+,19-17+,21-18+/t41-,42+/m0/s1. The average molecular weight is 799 g/mol. The zero-order chi connectivity index (χ0) is 40.5. The summed E-state index contributed by atoms with van der Waals surface area (Å²) in [5.74, 6) is -0.951. The van der Waals surface area contributed by atoms with Gasteiger partial charge in [0.2, 0.25) is 0 Å². The minimum absolute atomic E-state index is 0.165. The van der Waals surface area contributed by atoms with E-state index >= 15 is 0 Å². The molecule has 0 heterocycles. The molecule has 0 aliphatic carbocycles. The lowest BCUT2D eigenvalue weighted by Crippen LogP contribution is -2.29.